The van der Waals surface area contributed by atoms with Crippen LogP contribution in [0.2, 0.25) is 0 Å². The lowest BCUT2D eigenvalue weighted by Gasteiger charge is -2.14. The molecule has 20 heavy (non-hydrogen) atoms. The molecule has 1 aliphatic rings. The molecular weight excluding hydrogens is 280 g/mol. The van der Waals surface area contributed by atoms with Crippen LogP contribution in [0.5, 0.6) is 11.5 Å². The lowest BCUT2D eigenvalue weighted by Crippen LogP contribution is -2.36. The second-order valence-electron chi connectivity index (χ2n) is 4.89. The van der Waals surface area contributed by atoms with Crippen molar-refractivity contribution in [2.75, 3.05) is 34.4 Å². The summed E-state index contributed by atoms with van der Waals surface area (Å²) in [6, 6.07) is 4.54. The number of nitrogens with zero attached hydrogens (tertiary/aromatic N) is 1. The first-order chi connectivity index (χ1) is 9.46. The molecule has 1 aromatic carbocycles. The third-order valence-corrected chi connectivity index (χ3v) is 4.90. The first-order valence-corrected chi connectivity index (χ1v) is 7.87. The molecule has 6 nitrogen and oxygen atoms in total. The highest BCUT2D eigenvalue weighted by molar-refractivity contribution is 7.89. The van der Waals surface area contributed by atoms with Crippen molar-refractivity contribution in [1.29, 1.82) is 0 Å². The summed E-state index contributed by atoms with van der Waals surface area (Å²) in [5, 5.41) is 0. The summed E-state index contributed by atoms with van der Waals surface area (Å²) >= 11 is 0. The summed E-state index contributed by atoms with van der Waals surface area (Å²) < 4.78 is 37.6. The zero-order chi connectivity index (χ0) is 14.8. The molecule has 7 heteroatoms. The predicted molar refractivity (Wildman–Crippen MR) is 75.8 cm³/mol. The molecule has 1 heterocycles. The first-order valence-electron chi connectivity index (χ1n) is 6.39. The van der Waals surface area contributed by atoms with E-state index in [-0.39, 0.29) is 10.9 Å². The highest BCUT2D eigenvalue weighted by Gasteiger charge is 2.26. The van der Waals surface area contributed by atoms with Gasteiger partial charge in [-0.25, -0.2) is 13.1 Å². The molecule has 1 fully saturated rings. The van der Waals surface area contributed by atoms with Gasteiger partial charge in [0.1, 0.15) is 0 Å². The fourth-order valence-electron chi connectivity index (χ4n) is 2.30. The van der Waals surface area contributed by atoms with Gasteiger partial charge in [-0.05, 0) is 32.1 Å². The monoisotopic (exact) mass is 300 g/mol. The number of ether oxygens (including phenoxy) is 2. The number of nitrogens with one attached hydrogen (secondary N) is 1. The fraction of sp³-hybridized carbons (Fsp3) is 0.538. The number of likely N-dealkylation sites (tertiary alicyclic amines) is 1. The van der Waals surface area contributed by atoms with Gasteiger partial charge in [0, 0.05) is 18.7 Å². The van der Waals surface area contributed by atoms with E-state index in [1.165, 1.54) is 26.4 Å². The maximum absolute atomic E-state index is 12.3. The van der Waals surface area contributed by atoms with Gasteiger partial charge in [0.05, 0.1) is 19.1 Å². The Kier molecular flexibility index (Phi) is 4.52. The van der Waals surface area contributed by atoms with Crippen LogP contribution in [-0.4, -0.2) is 53.7 Å². The summed E-state index contributed by atoms with van der Waals surface area (Å²) in [4.78, 5) is 2.28. The fourth-order valence-corrected chi connectivity index (χ4v) is 3.58. The van der Waals surface area contributed by atoms with Crippen LogP contribution in [0.1, 0.15) is 6.42 Å². The Hall–Kier alpha value is -1.31. The van der Waals surface area contributed by atoms with E-state index in [1.807, 2.05) is 7.05 Å². The molecule has 2 rings (SSSR count). The summed E-state index contributed by atoms with van der Waals surface area (Å²) in [7, 11) is 1.43. The molecule has 0 saturated carbocycles. The molecule has 0 bridgehead atoms. The van der Waals surface area contributed by atoms with E-state index >= 15 is 0 Å². The van der Waals surface area contributed by atoms with Gasteiger partial charge in [-0.15, -0.1) is 0 Å². The van der Waals surface area contributed by atoms with Gasteiger partial charge in [0.25, 0.3) is 0 Å². The summed E-state index contributed by atoms with van der Waals surface area (Å²) in [5.74, 6) is 0.908. The van der Waals surface area contributed by atoms with Crippen molar-refractivity contribution in [2.45, 2.75) is 17.4 Å². The Labute approximate surface area is 119 Å². The second kappa shape index (κ2) is 5.99. The van der Waals surface area contributed by atoms with E-state index in [9.17, 15) is 8.42 Å². The van der Waals surface area contributed by atoms with Crippen molar-refractivity contribution in [3.63, 3.8) is 0 Å². The van der Waals surface area contributed by atoms with Crippen molar-refractivity contribution in [2.24, 2.45) is 0 Å². The van der Waals surface area contributed by atoms with Gasteiger partial charge in [-0.1, -0.05) is 0 Å². The zero-order valence-corrected chi connectivity index (χ0v) is 12.7. The van der Waals surface area contributed by atoms with Gasteiger partial charge in [0.2, 0.25) is 10.0 Å². The number of rotatable bonds is 5. The minimum absolute atomic E-state index is 0.0434. The SMILES string of the molecule is COc1ccc(S(=O)(=O)NC2CCN(C)C2)cc1OC. The van der Waals surface area contributed by atoms with Gasteiger partial charge < -0.3 is 14.4 Å². The molecule has 1 N–H and O–H groups in total. The number of hydrogen-bond donors (Lipinski definition) is 1. The van der Waals surface area contributed by atoms with Crippen molar-refractivity contribution in [3.05, 3.63) is 18.2 Å². The molecular formula is C13H20N2O4S. The Morgan fingerprint density at radius 2 is 1.95 bits per heavy atom. The molecule has 0 radical (unpaired) electrons. The summed E-state index contributed by atoms with van der Waals surface area (Å²) in [5.41, 5.74) is 0. The zero-order valence-electron chi connectivity index (χ0n) is 11.9. The normalized spacial score (nSPS) is 20.1. The van der Waals surface area contributed by atoms with Gasteiger partial charge in [0.15, 0.2) is 11.5 Å². The van der Waals surface area contributed by atoms with Crippen LogP contribution in [0, 0.1) is 0 Å². The van der Waals surface area contributed by atoms with Crippen LogP contribution in [0.3, 0.4) is 0 Å². The van der Waals surface area contributed by atoms with E-state index in [4.69, 9.17) is 9.47 Å². The van der Waals surface area contributed by atoms with Crippen LogP contribution in [0.4, 0.5) is 0 Å². The Bertz CT molecular complexity index is 574. The second-order valence-corrected chi connectivity index (χ2v) is 6.60. The molecule has 1 saturated heterocycles. The minimum atomic E-state index is -3.54. The topological polar surface area (TPSA) is 67.9 Å². The van der Waals surface area contributed by atoms with Crippen LogP contribution >= 0.6 is 0 Å². The molecule has 0 spiro atoms. The number of likely N-dealkylation sites (N-methyl/N-ethyl adjacent to an activating group) is 1. The first kappa shape index (κ1) is 15.1. The van der Waals surface area contributed by atoms with Crippen molar-refractivity contribution >= 4 is 10.0 Å². The highest BCUT2D eigenvalue weighted by Crippen LogP contribution is 2.29. The number of sulfonamides is 1. The maximum atomic E-state index is 12.3. The van der Waals surface area contributed by atoms with Crippen LogP contribution in [0.15, 0.2) is 23.1 Å². The van der Waals surface area contributed by atoms with Crippen LogP contribution in [-0.2, 0) is 10.0 Å². The molecule has 1 unspecified atom stereocenters. The molecule has 1 aliphatic heterocycles. The molecule has 0 aromatic heterocycles. The Morgan fingerprint density at radius 3 is 2.50 bits per heavy atom. The van der Waals surface area contributed by atoms with Gasteiger partial charge in [-0.2, -0.15) is 0 Å². The van der Waals surface area contributed by atoms with Gasteiger partial charge >= 0.3 is 0 Å². The van der Waals surface area contributed by atoms with E-state index in [0.717, 1.165) is 19.5 Å². The average molecular weight is 300 g/mol. The minimum Gasteiger partial charge on any atom is -0.493 e. The molecule has 1 atom stereocenters. The quantitative estimate of drug-likeness (QED) is 0.866. The van der Waals surface area contributed by atoms with Crippen molar-refractivity contribution in [3.8, 4) is 11.5 Å². The molecule has 0 amide bonds. The van der Waals surface area contributed by atoms with E-state index in [2.05, 4.69) is 9.62 Å². The largest absolute Gasteiger partial charge is 0.493 e. The molecule has 1 aromatic rings. The highest BCUT2D eigenvalue weighted by atomic mass is 32.2. The van der Waals surface area contributed by atoms with Crippen LogP contribution < -0.4 is 14.2 Å². The Morgan fingerprint density at radius 1 is 1.25 bits per heavy atom. The lowest BCUT2D eigenvalue weighted by atomic mass is 10.3. The van der Waals surface area contributed by atoms with Crippen molar-refractivity contribution < 1.29 is 17.9 Å². The lowest BCUT2D eigenvalue weighted by molar-refractivity contribution is 0.354. The average Bonchev–Trinajstić information content (AvgIpc) is 2.82. The summed E-state index contributed by atoms with van der Waals surface area (Å²) in [6.45, 7) is 1.63. The molecule has 0 aliphatic carbocycles. The maximum Gasteiger partial charge on any atom is 0.241 e. The van der Waals surface area contributed by atoms with Crippen LogP contribution in [0.25, 0.3) is 0 Å². The third-order valence-electron chi connectivity index (χ3n) is 3.38. The standard InChI is InChI=1S/C13H20N2O4S/c1-15-7-6-10(9-15)14-20(16,17)11-4-5-12(18-2)13(8-11)19-3/h4-5,8,10,14H,6-7,9H2,1-3H3. The van der Waals surface area contributed by atoms with E-state index < -0.39 is 10.0 Å². The summed E-state index contributed by atoms with van der Waals surface area (Å²) in [6.07, 6.45) is 0.822. The van der Waals surface area contributed by atoms with Gasteiger partial charge in [-0.3, -0.25) is 0 Å². The van der Waals surface area contributed by atoms with E-state index in [0.29, 0.717) is 11.5 Å². The number of benzene rings is 1. The number of methoxy groups -OCH3 is 2. The smallest absolute Gasteiger partial charge is 0.241 e. The van der Waals surface area contributed by atoms with Crippen molar-refractivity contribution in [1.82, 2.24) is 9.62 Å². The predicted octanol–water partition coefficient (Wildman–Crippen LogP) is 0.686. The van der Waals surface area contributed by atoms with E-state index in [1.54, 1.807) is 6.07 Å². The Balaban J connectivity index is 2.21. The third kappa shape index (κ3) is 3.23. The number of hydrogen-bond acceptors (Lipinski definition) is 5. The molecule has 112 valence electrons.